The Balaban J connectivity index is 1.54. The van der Waals surface area contributed by atoms with Crippen molar-refractivity contribution in [3.63, 3.8) is 0 Å². The van der Waals surface area contributed by atoms with Crippen LogP contribution in [0.25, 0.3) is 0 Å². The van der Waals surface area contributed by atoms with Gasteiger partial charge in [0.05, 0.1) is 17.9 Å². The number of rotatable bonds is 5. The van der Waals surface area contributed by atoms with Crippen LogP contribution in [-0.4, -0.2) is 37.3 Å². The van der Waals surface area contributed by atoms with E-state index in [9.17, 15) is 9.18 Å². The number of nitrogens with zero attached hydrogens (tertiary/aromatic N) is 5. The van der Waals surface area contributed by atoms with E-state index in [4.69, 9.17) is 0 Å². The summed E-state index contributed by atoms with van der Waals surface area (Å²) in [5.74, 6) is -0.0185. The molecule has 3 aromatic rings. The monoisotopic (exact) mass is 398 g/mol. The molecule has 1 aliphatic heterocycles. The summed E-state index contributed by atoms with van der Waals surface area (Å²) in [5.41, 5.74) is 1.85. The number of hydrogen-bond acceptors (Lipinski definition) is 7. The largest absolute Gasteiger partial charge is 0.296 e. The lowest BCUT2D eigenvalue weighted by molar-refractivity contribution is 0.102. The first-order valence-electron chi connectivity index (χ1n) is 8.99. The van der Waals surface area contributed by atoms with Crippen molar-refractivity contribution in [3.8, 4) is 0 Å². The fourth-order valence-electron chi connectivity index (χ4n) is 3.32. The van der Waals surface area contributed by atoms with E-state index in [2.05, 4.69) is 30.2 Å². The molecule has 0 bridgehead atoms. The van der Waals surface area contributed by atoms with Gasteiger partial charge in [-0.25, -0.2) is 19.3 Å². The number of amides is 1. The maximum atomic E-state index is 13.1. The highest BCUT2D eigenvalue weighted by atomic mass is 32.1. The second kappa shape index (κ2) is 8.07. The van der Waals surface area contributed by atoms with Crippen molar-refractivity contribution in [2.24, 2.45) is 0 Å². The Labute approximate surface area is 165 Å². The van der Waals surface area contributed by atoms with Crippen LogP contribution in [0.3, 0.4) is 0 Å². The predicted molar refractivity (Wildman–Crippen MR) is 103 cm³/mol. The van der Waals surface area contributed by atoms with Crippen molar-refractivity contribution in [2.45, 2.75) is 32.4 Å². The third-order valence-corrected chi connectivity index (χ3v) is 5.26. The number of likely N-dealkylation sites (tertiary alicyclic amines) is 1. The molecular formula is C19H19FN6OS. The van der Waals surface area contributed by atoms with E-state index in [1.54, 1.807) is 23.7 Å². The molecule has 1 amide bonds. The van der Waals surface area contributed by atoms with Gasteiger partial charge in [0.2, 0.25) is 0 Å². The zero-order chi connectivity index (χ0) is 19.5. The number of thiazole rings is 1. The van der Waals surface area contributed by atoms with Crippen LogP contribution in [-0.2, 0) is 6.54 Å². The number of nitrogens with one attached hydrogen (secondary N) is 1. The standard InChI is InChI=1S/C19H19FN6OS/c1-12-9-15(18(27)25-19-21-6-8-28-19)24-17(23-12)16-3-2-7-26(16)11-14-5-4-13(20)10-22-14/h4-6,8-10,16H,2-3,7,11H2,1H3,(H,21,25,27). The topological polar surface area (TPSA) is 83.9 Å². The van der Waals surface area contributed by atoms with Crippen molar-refractivity contribution in [1.29, 1.82) is 0 Å². The lowest BCUT2D eigenvalue weighted by atomic mass is 10.2. The third-order valence-electron chi connectivity index (χ3n) is 4.57. The van der Waals surface area contributed by atoms with Gasteiger partial charge in [-0.1, -0.05) is 0 Å². The van der Waals surface area contributed by atoms with Crippen molar-refractivity contribution in [3.05, 3.63) is 64.7 Å². The Morgan fingerprint density at radius 2 is 2.25 bits per heavy atom. The zero-order valence-corrected chi connectivity index (χ0v) is 16.1. The first-order chi connectivity index (χ1) is 13.6. The number of pyridine rings is 1. The molecule has 4 heterocycles. The third kappa shape index (κ3) is 4.20. The lowest BCUT2D eigenvalue weighted by Crippen LogP contribution is -2.26. The summed E-state index contributed by atoms with van der Waals surface area (Å²) in [6.07, 6.45) is 4.77. The number of aryl methyl sites for hydroxylation is 1. The van der Waals surface area contributed by atoms with E-state index < -0.39 is 0 Å². The van der Waals surface area contributed by atoms with Crippen LogP contribution in [0.2, 0.25) is 0 Å². The minimum Gasteiger partial charge on any atom is -0.296 e. The van der Waals surface area contributed by atoms with E-state index in [1.165, 1.54) is 23.6 Å². The van der Waals surface area contributed by atoms with Crippen LogP contribution in [0.15, 0.2) is 36.0 Å². The summed E-state index contributed by atoms with van der Waals surface area (Å²) in [6, 6.07) is 4.78. The van der Waals surface area contributed by atoms with Crippen molar-refractivity contribution in [2.75, 3.05) is 11.9 Å². The van der Waals surface area contributed by atoms with Gasteiger partial charge in [-0.3, -0.25) is 20.0 Å². The molecule has 0 radical (unpaired) electrons. The Hall–Kier alpha value is -2.78. The summed E-state index contributed by atoms with van der Waals surface area (Å²) in [5, 5.41) is 5.09. The molecule has 0 aromatic carbocycles. The van der Waals surface area contributed by atoms with Crippen LogP contribution in [0.4, 0.5) is 9.52 Å². The second-order valence-corrected chi connectivity index (χ2v) is 7.53. The first kappa shape index (κ1) is 18.6. The molecule has 0 saturated carbocycles. The number of hydrogen-bond donors (Lipinski definition) is 1. The summed E-state index contributed by atoms with van der Waals surface area (Å²) >= 11 is 1.35. The van der Waals surface area contributed by atoms with Gasteiger partial charge in [0, 0.05) is 23.8 Å². The van der Waals surface area contributed by atoms with E-state index in [0.29, 0.717) is 23.2 Å². The number of carbonyl (C=O) groups is 1. The average molecular weight is 398 g/mol. The van der Waals surface area contributed by atoms with E-state index in [0.717, 1.165) is 30.8 Å². The number of aromatic nitrogens is 4. The Kier molecular flexibility index (Phi) is 5.36. The predicted octanol–water partition coefficient (Wildman–Crippen LogP) is 3.37. The van der Waals surface area contributed by atoms with Crippen LogP contribution in [0.5, 0.6) is 0 Å². The Bertz CT molecular complexity index is 963. The first-order valence-corrected chi connectivity index (χ1v) is 9.87. The fraction of sp³-hybridized carbons (Fsp3) is 0.316. The molecule has 9 heteroatoms. The van der Waals surface area contributed by atoms with Crippen LogP contribution in [0.1, 0.15) is 46.6 Å². The average Bonchev–Trinajstić information content (AvgIpc) is 3.35. The van der Waals surface area contributed by atoms with E-state index in [1.807, 2.05) is 6.92 Å². The zero-order valence-electron chi connectivity index (χ0n) is 15.3. The molecule has 3 aromatic heterocycles. The van der Waals surface area contributed by atoms with Crippen molar-refractivity contribution in [1.82, 2.24) is 24.8 Å². The van der Waals surface area contributed by atoms with Gasteiger partial charge in [0.25, 0.3) is 5.91 Å². The maximum absolute atomic E-state index is 13.1. The molecule has 0 aliphatic carbocycles. The minimum atomic E-state index is -0.348. The van der Waals surface area contributed by atoms with Crippen molar-refractivity contribution < 1.29 is 9.18 Å². The molecule has 4 rings (SSSR count). The summed E-state index contributed by atoms with van der Waals surface area (Å²) in [7, 11) is 0. The highest BCUT2D eigenvalue weighted by Gasteiger charge is 2.29. The molecule has 1 fully saturated rings. The van der Waals surface area contributed by atoms with Gasteiger partial charge >= 0.3 is 0 Å². The molecule has 1 atom stereocenters. The molecule has 1 unspecified atom stereocenters. The lowest BCUT2D eigenvalue weighted by Gasteiger charge is -2.23. The van der Waals surface area contributed by atoms with Gasteiger partial charge in [-0.05, 0) is 44.5 Å². The molecular weight excluding hydrogens is 379 g/mol. The number of anilines is 1. The highest BCUT2D eigenvalue weighted by molar-refractivity contribution is 7.13. The SMILES string of the molecule is Cc1cc(C(=O)Nc2nccs2)nc(C2CCCN2Cc2ccc(F)cn2)n1. The number of carbonyl (C=O) groups excluding carboxylic acids is 1. The summed E-state index contributed by atoms with van der Waals surface area (Å²) < 4.78 is 13.1. The molecule has 0 spiro atoms. The van der Waals surface area contributed by atoms with E-state index in [-0.39, 0.29) is 17.8 Å². The summed E-state index contributed by atoms with van der Waals surface area (Å²) in [6.45, 7) is 3.32. The maximum Gasteiger partial charge on any atom is 0.276 e. The van der Waals surface area contributed by atoms with Gasteiger partial charge in [-0.15, -0.1) is 11.3 Å². The smallest absolute Gasteiger partial charge is 0.276 e. The fourth-order valence-corrected chi connectivity index (χ4v) is 3.84. The number of halogens is 1. The molecule has 1 saturated heterocycles. The summed E-state index contributed by atoms with van der Waals surface area (Å²) in [4.78, 5) is 32.1. The Morgan fingerprint density at radius 1 is 1.36 bits per heavy atom. The minimum absolute atomic E-state index is 0.00170. The van der Waals surface area contributed by atoms with Crippen LogP contribution >= 0.6 is 11.3 Å². The van der Waals surface area contributed by atoms with Crippen LogP contribution < -0.4 is 5.32 Å². The second-order valence-electron chi connectivity index (χ2n) is 6.64. The molecule has 28 heavy (non-hydrogen) atoms. The van der Waals surface area contributed by atoms with Gasteiger partial charge in [0.15, 0.2) is 5.13 Å². The highest BCUT2D eigenvalue weighted by Crippen LogP contribution is 2.31. The molecule has 1 aliphatic rings. The molecule has 7 nitrogen and oxygen atoms in total. The van der Waals surface area contributed by atoms with Gasteiger partial charge in [-0.2, -0.15) is 0 Å². The van der Waals surface area contributed by atoms with Crippen molar-refractivity contribution >= 4 is 22.4 Å². The van der Waals surface area contributed by atoms with Gasteiger partial charge in [0.1, 0.15) is 17.3 Å². The van der Waals surface area contributed by atoms with Crippen LogP contribution in [0, 0.1) is 12.7 Å². The normalized spacial score (nSPS) is 17.0. The Morgan fingerprint density at radius 3 is 3.00 bits per heavy atom. The quantitative estimate of drug-likeness (QED) is 0.709. The molecule has 144 valence electrons. The van der Waals surface area contributed by atoms with Gasteiger partial charge < -0.3 is 0 Å². The molecule has 1 N–H and O–H groups in total. The van der Waals surface area contributed by atoms with E-state index >= 15 is 0 Å².